The molecule has 0 saturated heterocycles. The van der Waals surface area contributed by atoms with Gasteiger partial charge in [0.1, 0.15) is 11.4 Å². The van der Waals surface area contributed by atoms with Gasteiger partial charge in [0.2, 0.25) is 0 Å². The molecule has 0 aliphatic rings. The van der Waals surface area contributed by atoms with Crippen LogP contribution in [0.3, 0.4) is 0 Å². The van der Waals surface area contributed by atoms with Crippen LogP contribution in [-0.2, 0) is 0 Å². The lowest BCUT2D eigenvalue weighted by atomic mass is 10.2. The maximum absolute atomic E-state index is 13.0. The average Bonchev–Trinajstić information content (AvgIpc) is 2.40. The van der Waals surface area contributed by atoms with Crippen molar-refractivity contribution in [2.24, 2.45) is 0 Å². The highest BCUT2D eigenvalue weighted by molar-refractivity contribution is 6.67. The molecule has 0 amide bonds. The van der Waals surface area contributed by atoms with E-state index in [1.54, 1.807) is 13.8 Å². The van der Waals surface area contributed by atoms with Gasteiger partial charge in [-0.05, 0) is 49.7 Å². The molecule has 0 aliphatic carbocycles. The summed E-state index contributed by atoms with van der Waals surface area (Å²) in [5, 5.41) is -0.953. The Labute approximate surface area is 124 Å². The number of carbonyl (C=O) groups is 1. The first-order valence-corrected chi connectivity index (χ1v) is 6.54. The second-order valence-corrected chi connectivity index (χ2v) is 5.06. The summed E-state index contributed by atoms with van der Waals surface area (Å²) in [4.78, 5) is 36.0. The van der Waals surface area contributed by atoms with Crippen LogP contribution in [0.5, 0.6) is 0 Å². The van der Waals surface area contributed by atoms with Crippen molar-refractivity contribution in [1.29, 1.82) is 0 Å². The molecule has 7 heteroatoms. The Morgan fingerprint density at radius 3 is 2.24 bits per heavy atom. The highest BCUT2D eigenvalue weighted by Crippen LogP contribution is 2.08. The van der Waals surface area contributed by atoms with E-state index in [1.807, 2.05) is 0 Å². The molecule has 0 fully saturated rings. The van der Waals surface area contributed by atoms with E-state index in [2.05, 4.69) is 0 Å². The van der Waals surface area contributed by atoms with E-state index in [0.29, 0.717) is 0 Å². The number of rotatable bonds is 3. The summed E-state index contributed by atoms with van der Waals surface area (Å²) in [7, 11) is 0. The van der Waals surface area contributed by atoms with Gasteiger partial charge in [0.15, 0.2) is 0 Å². The smallest absolute Gasteiger partial charge is 0.297 e. The number of nitrogens with zero attached hydrogens (tertiary/aromatic N) is 2. The molecule has 0 aliphatic heterocycles. The van der Waals surface area contributed by atoms with E-state index in [4.69, 9.17) is 11.6 Å². The third-order valence-corrected chi connectivity index (χ3v) is 3.17. The lowest BCUT2D eigenvalue weighted by molar-refractivity contribution is 0.107. The molecule has 0 N–H and O–H groups in total. The molecule has 0 bridgehead atoms. The molecule has 0 saturated carbocycles. The summed E-state index contributed by atoms with van der Waals surface area (Å²) in [5.41, 5.74) is -1.60. The molecular formula is C14H12ClFN2O3. The number of carbonyl (C=O) groups excluding carboxylic acids is 1. The highest BCUT2D eigenvalue weighted by Gasteiger charge is 2.18. The minimum Gasteiger partial charge on any atom is -0.297 e. The second-order valence-electron chi connectivity index (χ2n) is 4.72. The van der Waals surface area contributed by atoms with Gasteiger partial charge < -0.3 is 0 Å². The molecule has 5 nitrogen and oxygen atoms in total. The largest absolute Gasteiger partial charge is 0.335 e. The van der Waals surface area contributed by atoms with Crippen LogP contribution in [0, 0.1) is 5.82 Å². The predicted molar refractivity (Wildman–Crippen MR) is 76.8 cm³/mol. The summed E-state index contributed by atoms with van der Waals surface area (Å²) in [6.45, 7) is 3.45. The standard InChI is InChI=1S/C14H12ClFN2O3/c1-8(2)17-7-11(12(15)19)13(20)18(14(17)21)10-5-3-9(16)4-6-10/h3-8H,1-2H3. The topological polar surface area (TPSA) is 61.1 Å². The zero-order valence-corrected chi connectivity index (χ0v) is 12.1. The van der Waals surface area contributed by atoms with E-state index in [0.717, 1.165) is 22.9 Å². The Bertz CT molecular complexity index is 806. The van der Waals surface area contributed by atoms with Gasteiger partial charge in [0, 0.05) is 12.2 Å². The van der Waals surface area contributed by atoms with Gasteiger partial charge in [0.05, 0.1) is 5.69 Å². The first-order chi connectivity index (χ1) is 9.82. The van der Waals surface area contributed by atoms with Crippen LogP contribution in [0.25, 0.3) is 5.69 Å². The lowest BCUT2D eigenvalue weighted by Gasteiger charge is -2.14. The van der Waals surface area contributed by atoms with Crippen LogP contribution in [-0.4, -0.2) is 14.4 Å². The number of benzene rings is 1. The Morgan fingerprint density at radius 1 is 1.19 bits per heavy atom. The van der Waals surface area contributed by atoms with Gasteiger partial charge in [0.25, 0.3) is 10.8 Å². The molecule has 110 valence electrons. The predicted octanol–water partition coefficient (Wildman–Crippen LogP) is 2.10. The molecule has 0 radical (unpaired) electrons. The maximum Gasteiger partial charge on any atom is 0.335 e. The third-order valence-electron chi connectivity index (χ3n) is 2.97. The minimum absolute atomic E-state index is 0.167. The summed E-state index contributed by atoms with van der Waals surface area (Å²) in [6.07, 6.45) is 1.14. The SMILES string of the molecule is CC(C)n1cc(C(=O)Cl)c(=O)n(-c2ccc(F)cc2)c1=O. The van der Waals surface area contributed by atoms with Gasteiger partial charge in [-0.1, -0.05) is 0 Å². The van der Waals surface area contributed by atoms with Gasteiger partial charge in [-0.15, -0.1) is 0 Å². The quantitative estimate of drug-likeness (QED) is 0.816. The van der Waals surface area contributed by atoms with Crippen molar-refractivity contribution in [3.63, 3.8) is 0 Å². The maximum atomic E-state index is 13.0. The molecule has 21 heavy (non-hydrogen) atoms. The molecule has 0 atom stereocenters. The van der Waals surface area contributed by atoms with E-state index >= 15 is 0 Å². The number of halogens is 2. The van der Waals surface area contributed by atoms with Crippen LogP contribution in [0.2, 0.25) is 0 Å². The molecule has 0 unspecified atom stereocenters. The summed E-state index contributed by atoms with van der Waals surface area (Å²) >= 11 is 5.39. The van der Waals surface area contributed by atoms with E-state index in [-0.39, 0.29) is 17.3 Å². The zero-order valence-electron chi connectivity index (χ0n) is 11.3. The van der Waals surface area contributed by atoms with Crippen LogP contribution in [0.15, 0.2) is 40.1 Å². The minimum atomic E-state index is -0.953. The van der Waals surface area contributed by atoms with Crippen molar-refractivity contribution in [1.82, 2.24) is 9.13 Å². The van der Waals surface area contributed by atoms with Crippen molar-refractivity contribution in [2.75, 3.05) is 0 Å². The number of hydrogen-bond donors (Lipinski definition) is 0. The Balaban J connectivity index is 2.87. The lowest BCUT2D eigenvalue weighted by Crippen LogP contribution is -2.41. The zero-order chi connectivity index (χ0) is 15.7. The third kappa shape index (κ3) is 2.80. The molecule has 1 aromatic carbocycles. The average molecular weight is 311 g/mol. The molecule has 2 rings (SSSR count). The van der Waals surface area contributed by atoms with E-state index in [9.17, 15) is 18.8 Å². The molecule has 2 aromatic rings. The number of aromatic nitrogens is 2. The highest BCUT2D eigenvalue weighted by atomic mass is 35.5. The van der Waals surface area contributed by atoms with Crippen LogP contribution in [0.1, 0.15) is 30.2 Å². The van der Waals surface area contributed by atoms with Gasteiger partial charge >= 0.3 is 5.69 Å². The van der Waals surface area contributed by atoms with Crippen molar-refractivity contribution in [2.45, 2.75) is 19.9 Å². The Morgan fingerprint density at radius 2 is 1.76 bits per heavy atom. The second kappa shape index (κ2) is 5.65. The first kappa shape index (κ1) is 15.2. The van der Waals surface area contributed by atoms with Crippen molar-refractivity contribution < 1.29 is 9.18 Å². The van der Waals surface area contributed by atoms with Crippen molar-refractivity contribution in [3.05, 3.63) is 62.7 Å². The fraction of sp³-hybridized carbons (Fsp3) is 0.214. The van der Waals surface area contributed by atoms with E-state index < -0.39 is 22.3 Å². The summed E-state index contributed by atoms with van der Waals surface area (Å²) in [5.74, 6) is -0.499. The van der Waals surface area contributed by atoms with Gasteiger partial charge in [-0.25, -0.2) is 13.8 Å². The summed E-state index contributed by atoms with van der Waals surface area (Å²) in [6, 6.07) is 4.53. The fourth-order valence-electron chi connectivity index (χ4n) is 1.89. The number of hydrogen-bond acceptors (Lipinski definition) is 3. The summed E-state index contributed by atoms with van der Waals surface area (Å²) < 4.78 is 15.0. The van der Waals surface area contributed by atoms with Crippen LogP contribution < -0.4 is 11.2 Å². The van der Waals surface area contributed by atoms with E-state index in [1.165, 1.54) is 16.7 Å². The Kier molecular flexibility index (Phi) is 4.09. The Hall–Kier alpha value is -2.21. The molecule has 1 aromatic heterocycles. The molecule has 0 spiro atoms. The van der Waals surface area contributed by atoms with Gasteiger partial charge in [-0.3, -0.25) is 14.2 Å². The van der Waals surface area contributed by atoms with Gasteiger partial charge in [-0.2, -0.15) is 0 Å². The van der Waals surface area contributed by atoms with Crippen molar-refractivity contribution in [3.8, 4) is 5.69 Å². The fourth-order valence-corrected chi connectivity index (χ4v) is 2.02. The van der Waals surface area contributed by atoms with Crippen LogP contribution in [0.4, 0.5) is 4.39 Å². The molecular weight excluding hydrogens is 299 g/mol. The first-order valence-electron chi connectivity index (χ1n) is 6.17. The van der Waals surface area contributed by atoms with Crippen LogP contribution >= 0.6 is 11.6 Å². The normalized spacial score (nSPS) is 10.9. The van der Waals surface area contributed by atoms with Crippen molar-refractivity contribution >= 4 is 16.8 Å². The monoisotopic (exact) mass is 310 g/mol. The molecule has 1 heterocycles.